The van der Waals surface area contributed by atoms with Gasteiger partial charge in [0.2, 0.25) is 0 Å². The first-order valence-corrected chi connectivity index (χ1v) is 16.1. The Morgan fingerprint density at radius 2 is 1.91 bits per heavy atom. The fraction of sp³-hybridized carbons (Fsp3) is 0.455. The summed E-state index contributed by atoms with van der Waals surface area (Å²) >= 11 is 6.12. The minimum absolute atomic E-state index is 0.0233. The molecule has 8 nitrogen and oxygen atoms in total. The van der Waals surface area contributed by atoms with Gasteiger partial charge in [0.25, 0.3) is 0 Å². The molecule has 3 atom stereocenters. The highest BCUT2D eigenvalue weighted by Crippen LogP contribution is 2.46. The minimum Gasteiger partial charge on any atom is -0.493 e. The molecule has 2 N–H and O–H groups in total. The van der Waals surface area contributed by atoms with Gasteiger partial charge in [-0.2, -0.15) is 0 Å². The first kappa shape index (κ1) is 32.3. The summed E-state index contributed by atoms with van der Waals surface area (Å²) in [5, 5.41) is 11.7. The van der Waals surface area contributed by atoms with E-state index in [1.807, 2.05) is 27.7 Å². The number of rotatable bonds is 11. The molecule has 1 fully saturated rings. The Morgan fingerprint density at radius 3 is 2.55 bits per heavy atom. The summed E-state index contributed by atoms with van der Waals surface area (Å²) in [5.41, 5.74) is -0.231. The van der Waals surface area contributed by atoms with Gasteiger partial charge in [-0.1, -0.05) is 11.6 Å². The fourth-order valence-corrected chi connectivity index (χ4v) is 5.94. The second-order valence-corrected chi connectivity index (χ2v) is 15.2. The smallest absolute Gasteiger partial charge is 0.163 e. The number of nitrogens with one attached hydrogen (secondary N) is 1. The molecule has 0 bridgehead atoms. The number of nitrogens with zero attached hydrogens (tertiary/aromatic N) is 1. The molecule has 1 aliphatic heterocycles. The molecule has 1 aliphatic carbocycles. The molecule has 2 heterocycles. The number of methoxy groups -OCH3 is 1. The van der Waals surface area contributed by atoms with E-state index in [1.54, 1.807) is 31.2 Å². The minimum atomic E-state index is -1.55. The number of carbonyl (C=O) groups is 1. The largest absolute Gasteiger partial charge is 0.493 e. The van der Waals surface area contributed by atoms with E-state index in [1.165, 1.54) is 25.3 Å². The van der Waals surface area contributed by atoms with Crippen LogP contribution in [0, 0.1) is 5.82 Å². The van der Waals surface area contributed by atoms with Crippen LogP contribution in [0.15, 0.2) is 42.5 Å². The molecular formula is C33H38ClFN2O6S. The van der Waals surface area contributed by atoms with Crippen LogP contribution in [0.4, 0.5) is 4.39 Å². The van der Waals surface area contributed by atoms with Gasteiger partial charge in [0.1, 0.15) is 23.7 Å². The first-order chi connectivity index (χ1) is 20.6. The van der Waals surface area contributed by atoms with Gasteiger partial charge in [0.15, 0.2) is 23.0 Å². The molecule has 236 valence electrons. The molecule has 0 amide bonds. The highest BCUT2D eigenvalue weighted by atomic mass is 35.5. The van der Waals surface area contributed by atoms with Crippen LogP contribution in [0.1, 0.15) is 81.9 Å². The Kier molecular flexibility index (Phi) is 8.85. The SMILES string of the molecule is COc1cc(C(=O)CCC(C)(O)c2cc3c(c(-c4ccc(F)c(Cl)c4)n2)OCC3(C)NS(=O)C(C)(C)C)ccc1OC1CC1. The van der Waals surface area contributed by atoms with E-state index in [9.17, 15) is 18.5 Å². The number of aromatic nitrogens is 1. The summed E-state index contributed by atoms with van der Waals surface area (Å²) in [6.45, 7) is 9.22. The molecular weight excluding hydrogens is 607 g/mol. The lowest BCUT2D eigenvalue weighted by Crippen LogP contribution is -2.47. The van der Waals surface area contributed by atoms with Crippen LogP contribution in [-0.2, 0) is 22.1 Å². The molecule has 11 heteroatoms. The number of benzene rings is 2. The van der Waals surface area contributed by atoms with Crippen LogP contribution in [0.3, 0.4) is 0 Å². The third kappa shape index (κ3) is 6.78. The molecule has 0 radical (unpaired) electrons. The maximum absolute atomic E-state index is 14.1. The summed E-state index contributed by atoms with van der Waals surface area (Å²) in [4.78, 5) is 18.0. The van der Waals surface area contributed by atoms with E-state index in [0.717, 1.165) is 12.8 Å². The Hall–Kier alpha value is -3.05. The topological polar surface area (TPSA) is 107 Å². The average molecular weight is 645 g/mol. The molecule has 1 aromatic heterocycles. The van der Waals surface area contributed by atoms with Crippen molar-refractivity contribution in [2.24, 2.45) is 0 Å². The average Bonchev–Trinajstić information content (AvgIpc) is 3.73. The van der Waals surface area contributed by atoms with Crippen molar-refractivity contribution >= 4 is 28.4 Å². The summed E-state index contributed by atoms with van der Waals surface area (Å²) in [5.74, 6) is 0.747. The van der Waals surface area contributed by atoms with Gasteiger partial charge in [-0.3, -0.25) is 4.79 Å². The van der Waals surface area contributed by atoms with Gasteiger partial charge in [-0.15, -0.1) is 0 Å². The zero-order valence-corrected chi connectivity index (χ0v) is 27.3. The lowest BCUT2D eigenvalue weighted by Gasteiger charge is -2.30. The predicted molar refractivity (Wildman–Crippen MR) is 168 cm³/mol. The number of hydrogen-bond acceptors (Lipinski definition) is 7. The van der Waals surface area contributed by atoms with Gasteiger partial charge in [0.05, 0.1) is 45.2 Å². The molecule has 2 aromatic carbocycles. The molecule has 1 saturated carbocycles. The quantitative estimate of drug-likeness (QED) is 0.226. The number of ether oxygens (including phenoxy) is 3. The lowest BCUT2D eigenvalue weighted by molar-refractivity contribution is 0.0396. The molecule has 5 rings (SSSR count). The van der Waals surface area contributed by atoms with Gasteiger partial charge in [-0.05, 0) is 96.3 Å². The van der Waals surface area contributed by atoms with Gasteiger partial charge < -0.3 is 19.3 Å². The highest BCUT2D eigenvalue weighted by molar-refractivity contribution is 7.84. The van der Waals surface area contributed by atoms with E-state index in [0.29, 0.717) is 39.6 Å². The van der Waals surface area contributed by atoms with Crippen molar-refractivity contribution in [2.75, 3.05) is 13.7 Å². The Bertz CT molecular complexity index is 1620. The Balaban J connectivity index is 1.47. The van der Waals surface area contributed by atoms with Crippen LogP contribution in [0.5, 0.6) is 17.2 Å². The van der Waals surface area contributed by atoms with Crippen molar-refractivity contribution in [1.29, 1.82) is 0 Å². The lowest BCUT2D eigenvalue weighted by atomic mass is 9.88. The number of halogens is 2. The van der Waals surface area contributed by atoms with E-state index in [2.05, 4.69) is 4.72 Å². The molecule has 3 unspecified atom stereocenters. The Morgan fingerprint density at radius 1 is 1.18 bits per heavy atom. The van der Waals surface area contributed by atoms with E-state index in [4.69, 9.17) is 30.8 Å². The van der Waals surface area contributed by atoms with Crippen LogP contribution < -0.4 is 18.9 Å². The number of Topliss-reactive ketones (excluding diaryl/α,β-unsaturated/α-hetero) is 1. The number of aliphatic hydroxyl groups is 1. The van der Waals surface area contributed by atoms with Crippen molar-refractivity contribution in [1.82, 2.24) is 9.71 Å². The summed E-state index contributed by atoms with van der Waals surface area (Å²) in [6, 6.07) is 11.0. The second-order valence-electron chi connectivity index (χ2n) is 12.8. The fourth-order valence-electron chi connectivity index (χ4n) is 4.87. The second kappa shape index (κ2) is 12.0. The molecule has 44 heavy (non-hydrogen) atoms. The zero-order chi connectivity index (χ0) is 32.0. The van der Waals surface area contributed by atoms with Gasteiger partial charge in [-0.25, -0.2) is 18.3 Å². The predicted octanol–water partition coefficient (Wildman–Crippen LogP) is 6.62. The van der Waals surface area contributed by atoms with Crippen LogP contribution in [0.2, 0.25) is 5.02 Å². The monoisotopic (exact) mass is 644 g/mol. The molecule has 3 aromatic rings. The third-order valence-corrected chi connectivity index (χ3v) is 9.87. The number of fused-ring (bicyclic) bond motifs is 1. The van der Waals surface area contributed by atoms with Crippen molar-refractivity contribution in [3.8, 4) is 28.5 Å². The number of hydrogen-bond donors (Lipinski definition) is 2. The molecule has 2 aliphatic rings. The highest BCUT2D eigenvalue weighted by Gasteiger charge is 2.43. The maximum Gasteiger partial charge on any atom is 0.163 e. The first-order valence-electron chi connectivity index (χ1n) is 14.6. The van der Waals surface area contributed by atoms with Gasteiger partial charge >= 0.3 is 0 Å². The van der Waals surface area contributed by atoms with E-state index >= 15 is 0 Å². The summed E-state index contributed by atoms with van der Waals surface area (Å²) < 4.78 is 47.3. The van der Waals surface area contributed by atoms with Crippen molar-refractivity contribution in [2.45, 2.75) is 82.3 Å². The standard InChI is InChI=1S/C33H38ClFN2O6S/c1-31(2,3)44(40)37-32(4)18-42-30-22(32)17-28(36-29(30)20-7-11-24(35)23(34)15-20)33(5,39)14-13-25(38)19-8-12-26(27(16-19)41-6)43-21-9-10-21/h7-8,11-12,15-17,21,37,39H,9-10,13-14,18H2,1-6H3. The van der Waals surface area contributed by atoms with E-state index in [-0.39, 0.29) is 42.1 Å². The summed E-state index contributed by atoms with van der Waals surface area (Å²) in [6.07, 6.45) is 2.27. The summed E-state index contributed by atoms with van der Waals surface area (Å²) in [7, 11) is 0.0883. The number of ketones is 1. The zero-order valence-electron chi connectivity index (χ0n) is 25.8. The van der Waals surface area contributed by atoms with Crippen LogP contribution in [-0.4, -0.2) is 44.7 Å². The number of pyridine rings is 1. The van der Waals surface area contributed by atoms with Crippen molar-refractivity contribution in [3.05, 3.63) is 70.1 Å². The molecule has 0 spiro atoms. The van der Waals surface area contributed by atoms with Crippen molar-refractivity contribution in [3.63, 3.8) is 0 Å². The maximum atomic E-state index is 14.1. The van der Waals surface area contributed by atoms with Gasteiger partial charge in [0, 0.05) is 23.1 Å². The third-order valence-electron chi connectivity index (χ3n) is 7.83. The Labute approximate surface area is 264 Å². The van der Waals surface area contributed by atoms with Crippen molar-refractivity contribution < 1.29 is 32.7 Å². The van der Waals surface area contributed by atoms with E-state index < -0.39 is 32.7 Å². The van der Waals surface area contributed by atoms with Crippen LogP contribution in [0.25, 0.3) is 11.3 Å². The normalized spacial score (nSPS) is 19.9. The molecule has 0 saturated heterocycles. The van der Waals surface area contributed by atoms with Crippen LogP contribution >= 0.6 is 11.6 Å². The number of carbonyl (C=O) groups excluding carboxylic acids is 1.